The van der Waals surface area contributed by atoms with Crippen LogP contribution in [0.5, 0.6) is 5.75 Å². The molecule has 0 aromatic heterocycles. The summed E-state index contributed by atoms with van der Waals surface area (Å²) in [6.45, 7) is 2.32. The van der Waals surface area contributed by atoms with Gasteiger partial charge in [-0.15, -0.1) is 0 Å². The largest absolute Gasteiger partial charge is 0.496 e. The van der Waals surface area contributed by atoms with Crippen molar-refractivity contribution in [3.8, 4) is 5.75 Å². The van der Waals surface area contributed by atoms with Crippen LogP contribution in [0.2, 0.25) is 0 Å². The first-order valence-electron chi connectivity index (χ1n) is 5.61. The number of alkyl halides is 1. The standard InChI is InChI=1S/C13H16Br2O/c1-8(9-3-4-9)13(15)11-7-10(14)5-6-12(11)16-2/h5-9,13H,3-4H2,1-2H3. The lowest BCUT2D eigenvalue weighted by Crippen LogP contribution is -2.07. The van der Waals surface area contributed by atoms with E-state index in [1.165, 1.54) is 18.4 Å². The fraction of sp³-hybridized carbons (Fsp3) is 0.538. The first-order chi connectivity index (χ1) is 7.63. The molecule has 0 radical (unpaired) electrons. The summed E-state index contributed by atoms with van der Waals surface area (Å²) < 4.78 is 6.53. The maximum Gasteiger partial charge on any atom is 0.123 e. The van der Waals surface area contributed by atoms with Gasteiger partial charge >= 0.3 is 0 Å². The highest BCUT2D eigenvalue weighted by molar-refractivity contribution is 9.10. The molecule has 1 aromatic rings. The molecule has 1 aliphatic carbocycles. The van der Waals surface area contributed by atoms with Gasteiger partial charge in [0.25, 0.3) is 0 Å². The van der Waals surface area contributed by atoms with Gasteiger partial charge in [0.2, 0.25) is 0 Å². The molecular weight excluding hydrogens is 332 g/mol. The SMILES string of the molecule is COc1ccc(Br)cc1C(Br)C(C)C1CC1. The van der Waals surface area contributed by atoms with Crippen LogP contribution in [-0.2, 0) is 0 Å². The molecular formula is C13H16Br2O. The first-order valence-corrected chi connectivity index (χ1v) is 7.32. The molecule has 1 saturated carbocycles. The fourth-order valence-electron chi connectivity index (χ4n) is 2.06. The molecule has 0 saturated heterocycles. The van der Waals surface area contributed by atoms with Gasteiger partial charge in [-0.3, -0.25) is 0 Å². The van der Waals surface area contributed by atoms with Crippen LogP contribution in [0.3, 0.4) is 0 Å². The Balaban J connectivity index is 2.26. The Morgan fingerprint density at radius 3 is 2.62 bits per heavy atom. The van der Waals surface area contributed by atoms with Crippen molar-refractivity contribution in [2.75, 3.05) is 7.11 Å². The van der Waals surface area contributed by atoms with E-state index >= 15 is 0 Å². The third kappa shape index (κ3) is 2.62. The van der Waals surface area contributed by atoms with Crippen molar-refractivity contribution in [3.05, 3.63) is 28.2 Å². The molecule has 1 aliphatic rings. The minimum absolute atomic E-state index is 0.382. The highest BCUT2D eigenvalue weighted by Crippen LogP contribution is 2.48. The normalized spacial score (nSPS) is 19.2. The van der Waals surface area contributed by atoms with E-state index < -0.39 is 0 Å². The average Bonchev–Trinajstić information content (AvgIpc) is 3.11. The van der Waals surface area contributed by atoms with E-state index in [-0.39, 0.29) is 0 Å². The molecule has 0 heterocycles. The zero-order valence-electron chi connectivity index (χ0n) is 9.54. The van der Waals surface area contributed by atoms with Gasteiger partial charge in [0.1, 0.15) is 5.75 Å². The maximum atomic E-state index is 5.42. The summed E-state index contributed by atoms with van der Waals surface area (Å²) in [5.41, 5.74) is 1.25. The Bertz CT molecular complexity index is 374. The molecule has 1 aromatic carbocycles. The van der Waals surface area contributed by atoms with E-state index in [4.69, 9.17) is 4.74 Å². The predicted octanol–water partition coefficient (Wildman–Crippen LogP) is 4.94. The van der Waals surface area contributed by atoms with Crippen molar-refractivity contribution in [2.24, 2.45) is 11.8 Å². The average molecular weight is 348 g/mol. The summed E-state index contributed by atoms with van der Waals surface area (Å²) in [5.74, 6) is 2.52. The lowest BCUT2D eigenvalue weighted by molar-refractivity contribution is 0.401. The number of hydrogen-bond donors (Lipinski definition) is 0. The third-order valence-corrected chi connectivity index (χ3v) is 5.14. The molecule has 2 unspecified atom stereocenters. The Labute approximate surface area is 114 Å². The summed E-state index contributed by atoms with van der Waals surface area (Å²) in [6.07, 6.45) is 2.75. The van der Waals surface area contributed by atoms with Crippen molar-refractivity contribution in [3.63, 3.8) is 0 Å². The fourth-order valence-corrected chi connectivity index (χ4v) is 3.23. The Morgan fingerprint density at radius 1 is 1.38 bits per heavy atom. The van der Waals surface area contributed by atoms with Crippen molar-refractivity contribution in [1.82, 2.24) is 0 Å². The van der Waals surface area contributed by atoms with Crippen LogP contribution < -0.4 is 4.74 Å². The Kier molecular flexibility index (Phi) is 3.96. The van der Waals surface area contributed by atoms with E-state index in [0.717, 1.165) is 16.1 Å². The molecule has 0 spiro atoms. The lowest BCUT2D eigenvalue weighted by atomic mass is 9.96. The van der Waals surface area contributed by atoms with Gasteiger partial charge in [-0.2, -0.15) is 0 Å². The molecule has 88 valence electrons. The number of methoxy groups -OCH3 is 1. The Morgan fingerprint density at radius 2 is 2.06 bits per heavy atom. The van der Waals surface area contributed by atoms with E-state index in [9.17, 15) is 0 Å². The van der Waals surface area contributed by atoms with Crippen LogP contribution in [0.1, 0.15) is 30.2 Å². The van der Waals surface area contributed by atoms with Crippen molar-refractivity contribution in [1.29, 1.82) is 0 Å². The number of rotatable bonds is 4. The molecule has 0 amide bonds. The monoisotopic (exact) mass is 346 g/mol. The van der Waals surface area contributed by atoms with Crippen LogP contribution in [0.15, 0.2) is 22.7 Å². The van der Waals surface area contributed by atoms with E-state index in [2.05, 4.69) is 44.8 Å². The summed E-state index contributed by atoms with van der Waals surface area (Å²) in [5, 5.41) is 0. The molecule has 3 heteroatoms. The second-order valence-electron chi connectivity index (χ2n) is 4.48. The van der Waals surface area contributed by atoms with Gasteiger partial charge in [0.15, 0.2) is 0 Å². The van der Waals surface area contributed by atoms with E-state index in [1.54, 1.807) is 7.11 Å². The minimum Gasteiger partial charge on any atom is -0.496 e. The highest BCUT2D eigenvalue weighted by Gasteiger charge is 2.33. The number of hydrogen-bond acceptors (Lipinski definition) is 1. The lowest BCUT2D eigenvalue weighted by Gasteiger charge is -2.20. The van der Waals surface area contributed by atoms with Gasteiger partial charge in [-0.25, -0.2) is 0 Å². The van der Waals surface area contributed by atoms with Gasteiger partial charge in [0.05, 0.1) is 7.11 Å². The predicted molar refractivity (Wildman–Crippen MR) is 74.3 cm³/mol. The number of benzene rings is 1. The zero-order valence-corrected chi connectivity index (χ0v) is 12.7. The summed E-state index contributed by atoms with van der Waals surface area (Å²) >= 11 is 7.34. The topological polar surface area (TPSA) is 9.23 Å². The number of halogens is 2. The van der Waals surface area contributed by atoms with Gasteiger partial charge < -0.3 is 4.74 Å². The van der Waals surface area contributed by atoms with Crippen LogP contribution >= 0.6 is 31.9 Å². The number of ether oxygens (including phenoxy) is 1. The van der Waals surface area contributed by atoms with Crippen LogP contribution in [0.4, 0.5) is 0 Å². The second kappa shape index (κ2) is 5.09. The molecule has 2 atom stereocenters. The van der Waals surface area contributed by atoms with Crippen molar-refractivity contribution in [2.45, 2.75) is 24.6 Å². The minimum atomic E-state index is 0.382. The molecule has 1 nitrogen and oxygen atoms in total. The Hall–Kier alpha value is -0.0200. The quantitative estimate of drug-likeness (QED) is 0.701. The van der Waals surface area contributed by atoms with Crippen molar-refractivity contribution < 1.29 is 4.74 Å². The molecule has 0 N–H and O–H groups in total. The van der Waals surface area contributed by atoms with E-state index in [0.29, 0.717) is 10.7 Å². The molecule has 0 aliphatic heterocycles. The summed E-state index contributed by atoms with van der Waals surface area (Å²) in [7, 11) is 1.73. The van der Waals surface area contributed by atoms with E-state index in [1.807, 2.05) is 12.1 Å². The molecule has 16 heavy (non-hydrogen) atoms. The van der Waals surface area contributed by atoms with Crippen LogP contribution in [0, 0.1) is 11.8 Å². The van der Waals surface area contributed by atoms with Gasteiger partial charge in [0, 0.05) is 14.9 Å². The second-order valence-corrected chi connectivity index (χ2v) is 6.39. The van der Waals surface area contributed by atoms with Gasteiger partial charge in [-0.05, 0) is 42.9 Å². The van der Waals surface area contributed by atoms with Crippen molar-refractivity contribution >= 4 is 31.9 Å². The molecule has 2 rings (SSSR count). The van der Waals surface area contributed by atoms with Crippen LogP contribution in [0.25, 0.3) is 0 Å². The summed E-state index contributed by atoms with van der Waals surface area (Å²) in [4.78, 5) is 0.382. The maximum absolute atomic E-state index is 5.42. The molecule has 0 bridgehead atoms. The third-order valence-electron chi connectivity index (χ3n) is 3.32. The zero-order chi connectivity index (χ0) is 11.7. The highest BCUT2D eigenvalue weighted by atomic mass is 79.9. The van der Waals surface area contributed by atoms with Gasteiger partial charge in [-0.1, -0.05) is 38.8 Å². The molecule has 1 fully saturated rings. The first kappa shape index (κ1) is 12.4. The van der Waals surface area contributed by atoms with Crippen LogP contribution in [-0.4, -0.2) is 7.11 Å². The smallest absolute Gasteiger partial charge is 0.123 e. The summed E-state index contributed by atoms with van der Waals surface area (Å²) in [6, 6.07) is 6.19.